The monoisotopic (exact) mass is 249 g/mol. The van der Waals surface area contributed by atoms with E-state index in [1.165, 1.54) is 0 Å². The summed E-state index contributed by atoms with van der Waals surface area (Å²) in [6, 6.07) is 7.73. The third-order valence-electron chi connectivity index (χ3n) is 3.13. The fourth-order valence-corrected chi connectivity index (χ4v) is 2.15. The normalized spacial score (nSPS) is 19.9. The number of morpholine rings is 1. The summed E-state index contributed by atoms with van der Waals surface area (Å²) in [6.45, 7) is 4.61. The second-order valence-corrected chi connectivity index (χ2v) is 4.50. The number of anilines is 1. The number of nitrogens with zero attached hydrogens (tertiary/aromatic N) is 1. The van der Waals surface area contributed by atoms with Crippen LogP contribution in [0.1, 0.15) is 17.3 Å². The lowest BCUT2D eigenvalue weighted by Gasteiger charge is -2.34. The molecular weight excluding hydrogens is 230 g/mol. The Kier molecular flexibility index (Phi) is 4.33. The zero-order valence-corrected chi connectivity index (χ0v) is 10.9. The van der Waals surface area contributed by atoms with Crippen molar-refractivity contribution >= 4 is 11.5 Å². The first-order valence-electron chi connectivity index (χ1n) is 6.17. The van der Waals surface area contributed by atoms with Crippen LogP contribution >= 0.6 is 0 Å². The van der Waals surface area contributed by atoms with Crippen molar-refractivity contribution < 1.29 is 14.3 Å². The molecule has 2 rings (SSSR count). The van der Waals surface area contributed by atoms with Crippen LogP contribution < -0.4 is 4.90 Å². The van der Waals surface area contributed by atoms with Crippen LogP contribution in [0.15, 0.2) is 24.3 Å². The van der Waals surface area contributed by atoms with Crippen molar-refractivity contribution in [2.24, 2.45) is 0 Å². The zero-order chi connectivity index (χ0) is 13.0. The lowest BCUT2D eigenvalue weighted by molar-refractivity contribution is -0.0100. The number of hydrogen-bond donors (Lipinski definition) is 0. The van der Waals surface area contributed by atoms with Gasteiger partial charge in [0.25, 0.3) is 0 Å². The van der Waals surface area contributed by atoms with Gasteiger partial charge in [-0.25, -0.2) is 0 Å². The van der Waals surface area contributed by atoms with Gasteiger partial charge in [-0.3, -0.25) is 4.79 Å². The smallest absolute Gasteiger partial charge is 0.159 e. The van der Waals surface area contributed by atoms with Crippen molar-refractivity contribution in [3.8, 4) is 0 Å². The van der Waals surface area contributed by atoms with E-state index in [4.69, 9.17) is 9.47 Å². The molecule has 4 nitrogen and oxygen atoms in total. The Bertz CT molecular complexity index is 400. The minimum absolute atomic E-state index is 0.0980. The quantitative estimate of drug-likeness (QED) is 0.762. The molecule has 0 amide bonds. The highest BCUT2D eigenvalue weighted by Gasteiger charge is 2.20. The topological polar surface area (TPSA) is 38.8 Å². The van der Waals surface area contributed by atoms with Crippen LogP contribution in [0.2, 0.25) is 0 Å². The fourth-order valence-electron chi connectivity index (χ4n) is 2.15. The zero-order valence-electron chi connectivity index (χ0n) is 10.9. The summed E-state index contributed by atoms with van der Waals surface area (Å²) in [4.78, 5) is 13.5. The van der Waals surface area contributed by atoms with Crippen LogP contribution in [-0.4, -0.2) is 45.3 Å². The van der Waals surface area contributed by atoms with E-state index in [2.05, 4.69) is 4.90 Å². The second-order valence-electron chi connectivity index (χ2n) is 4.50. The minimum atomic E-state index is 0.0980. The molecule has 1 fully saturated rings. The van der Waals surface area contributed by atoms with Crippen molar-refractivity contribution in [3.63, 3.8) is 0 Å². The van der Waals surface area contributed by atoms with Gasteiger partial charge in [0.15, 0.2) is 5.78 Å². The highest BCUT2D eigenvalue weighted by molar-refractivity contribution is 5.94. The summed E-state index contributed by atoms with van der Waals surface area (Å²) >= 11 is 0. The van der Waals surface area contributed by atoms with Gasteiger partial charge in [-0.2, -0.15) is 0 Å². The van der Waals surface area contributed by atoms with Crippen LogP contribution in [0.5, 0.6) is 0 Å². The molecule has 98 valence electrons. The lowest BCUT2D eigenvalue weighted by Crippen LogP contribution is -2.44. The molecule has 1 aliphatic rings. The standard InChI is InChI=1S/C14H19NO3/c1-11(16)12-3-5-13(6-4-12)15-7-8-18-14(9-15)10-17-2/h3-6,14H,7-10H2,1-2H3/t14-/m0/s1. The maximum atomic E-state index is 11.2. The lowest BCUT2D eigenvalue weighted by atomic mass is 10.1. The predicted molar refractivity (Wildman–Crippen MR) is 70.3 cm³/mol. The van der Waals surface area contributed by atoms with E-state index in [9.17, 15) is 4.79 Å². The number of Topliss-reactive ketones (excluding diaryl/α,β-unsaturated/α-hetero) is 1. The molecule has 1 saturated heterocycles. The first kappa shape index (κ1) is 13.1. The van der Waals surface area contributed by atoms with Crippen molar-refractivity contribution in [2.45, 2.75) is 13.0 Å². The number of carbonyl (C=O) groups is 1. The van der Waals surface area contributed by atoms with Gasteiger partial charge in [-0.15, -0.1) is 0 Å². The van der Waals surface area contributed by atoms with Gasteiger partial charge in [0, 0.05) is 31.5 Å². The fraction of sp³-hybridized carbons (Fsp3) is 0.500. The van der Waals surface area contributed by atoms with Crippen LogP contribution in [0.4, 0.5) is 5.69 Å². The first-order valence-corrected chi connectivity index (χ1v) is 6.17. The minimum Gasteiger partial charge on any atom is -0.382 e. The number of ether oxygens (including phenoxy) is 2. The summed E-state index contributed by atoms with van der Waals surface area (Å²) in [6.07, 6.45) is 0.122. The van der Waals surface area contributed by atoms with E-state index in [1.807, 2.05) is 24.3 Å². The first-order chi connectivity index (χ1) is 8.70. The molecule has 1 aliphatic heterocycles. The van der Waals surface area contributed by atoms with E-state index in [0.29, 0.717) is 13.2 Å². The summed E-state index contributed by atoms with van der Waals surface area (Å²) in [5.41, 5.74) is 1.88. The van der Waals surface area contributed by atoms with E-state index in [1.54, 1.807) is 14.0 Å². The Morgan fingerprint density at radius 2 is 2.17 bits per heavy atom. The average molecular weight is 249 g/mol. The molecule has 1 heterocycles. The van der Waals surface area contributed by atoms with E-state index < -0.39 is 0 Å². The molecule has 0 aliphatic carbocycles. The predicted octanol–water partition coefficient (Wildman–Crippen LogP) is 1.74. The van der Waals surface area contributed by atoms with Crippen LogP contribution in [-0.2, 0) is 9.47 Å². The van der Waals surface area contributed by atoms with Gasteiger partial charge in [0.1, 0.15) is 0 Å². The highest BCUT2D eigenvalue weighted by atomic mass is 16.5. The van der Waals surface area contributed by atoms with Gasteiger partial charge < -0.3 is 14.4 Å². The van der Waals surface area contributed by atoms with Gasteiger partial charge in [-0.1, -0.05) is 0 Å². The number of methoxy groups -OCH3 is 1. The molecule has 1 atom stereocenters. The molecule has 0 spiro atoms. The molecule has 0 saturated carbocycles. The summed E-state index contributed by atoms with van der Waals surface area (Å²) in [5, 5.41) is 0. The average Bonchev–Trinajstić information content (AvgIpc) is 2.39. The molecule has 18 heavy (non-hydrogen) atoms. The van der Waals surface area contributed by atoms with Crippen molar-refractivity contribution in [1.82, 2.24) is 0 Å². The molecule has 0 bridgehead atoms. The highest BCUT2D eigenvalue weighted by Crippen LogP contribution is 2.18. The third kappa shape index (κ3) is 3.09. The summed E-state index contributed by atoms with van der Waals surface area (Å²) < 4.78 is 10.7. The molecule has 0 radical (unpaired) electrons. The maximum Gasteiger partial charge on any atom is 0.159 e. The Morgan fingerprint density at radius 1 is 1.44 bits per heavy atom. The van der Waals surface area contributed by atoms with Crippen LogP contribution in [0.3, 0.4) is 0 Å². The van der Waals surface area contributed by atoms with Crippen molar-refractivity contribution in [2.75, 3.05) is 38.3 Å². The number of rotatable bonds is 4. The Balaban J connectivity index is 2.04. The Hall–Kier alpha value is -1.39. The van der Waals surface area contributed by atoms with Crippen molar-refractivity contribution in [3.05, 3.63) is 29.8 Å². The third-order valence-corrected chi connectivity index (χ3v) is 3.13. The Labute approximate surface area is 107 Å². The number of hydrogen-bond acceptors (Lipinski definition) is 4. The SMILES string of the molecule is COC[C@@H]1CN(c2ccc(C(C)=O)cc2)CCO1. The molecular formula is C14H19NO3. The molecule has 1 aromatic rings. The summed E-state index contributed by atoms with van der Waals surface area (Å²) in [5.74, 6) is 0.0980. The Morgan fingerprint density at radius 3 is 2.78 bits per heavy atom. The summed E-state index contributed by atoms with van der Waals surface area (Å²) in [7, 11) is 1.68. The second kappa shape index (κ2) is 5.98. The molecule has 0 unspecified atom stereocenters. The number of benzene rings is 1. The van der Waals surface area contributed by atoms with Gasteiger partial charge >= 0.3 is 0 Å². The van der Waals surface area contributed by atoms with E-state index in [0.717, 1.165) is 24.3 Å². The van der Waals surface area contributed by atoms with Gasteiger partial charge in [0.2, 0.25) is 0 Å². The van der Waals surface area contributed by atoms with E-state index in [-0.39, 0.29) is 11.9 Å². The van der Waals surface area contributed by atoms with Gasteiger partial charge in [-0.05, 0) is 31.2 Å². The van der Waals surface area contributed by atoms with Gasteiger partial charge in [0.05, 0.1) is 19.3 Å². The number of ketones is 1. The maximum absolute atomic E-state index is 11.2. The van der Waals surface area contributed by atoms with E-state index >= 15 is 0 Å². The molecule has 0 aromatic heterocycles. The molecule has 0 N–H and O–H groups in total. The molecule has 4 heteroatoms. The molecule has 1 aromatic carbocycles. The number of carbonyl (C=O) groups excluding carboxylic acids is 1. The van der Waals surface area contributed by atoms with Crippen LogP contribution in [0, 0.1) is 0 Å². The van der Waals surface area contributed by atoms with Crippen LogP contribution in [0.25, 0.3) is 0 Å². The largest absolute Gasteiger partial charge is 0.382 e. The van der Waals surface area contributed by atoms with Crippen molar-refractivity contribution in [1.29, 1.82) is 0 Å².